The second-order valence-corrected chi connectivity index (χ2v) is 34.1. The number of urea groups is 1. The van der Waals surface area contributed by atoms with E-state index in [1.165, 1.54) is 36.0 Å². The van der Waals surface area contributed by atoms with Gasteiger partial charge in [-0.25, -0.2) is 38.6 Å². The number of rotatable bonds is 43. The van der Waals surface area contributed by atoms with Crippen molar-refractivity contribution >= 4 is 80.4 Å². The van der Waals surface area contributed by atoms with Gasteiger partial charge in [0.05, 0.1) is 101 Å². The van der Waals surface area contributed by atoms with Crippen molar-refractivity contribution in [1.82, 2.24) is 60.7 Å². The predicted molar refractivity (Wildman–Crippen MR) is 472 cm³/mol. The summed E-state index contributed by atoms with van der Waals surface area (Å²) >= 11 is 8.63. The van der Waals surface area contributed by atoms with Gasteiger partial charge in [-0.15, -0.1) is 16.4 Å². The van der Waals surface area contributed by atoms with Crippen LogP contribution in [0.5, 0.6) is 23.1 Å². The number of carbonyl (C=O) groups excluding carboxylic acids is 6. The van der Waals surface area contributed by atoms with Gasteiger partial charge < -0.3 is 115 Å². The lowest BCUT2D eigenvalue weighted by Gasteiger charge is -2.45. The molecule has 704 valence electrons. The summed E-state index contributed by atoms with van der Waals surface area (Å²) in [6.45, 7) is 7.07. The van der Waals surface area contributed by atoms with E-state index in [9.17, 15) is 78.8 Å². The van der Waals surface area contributed by atoms with E-state index in [4.69, 9.17) is 65.0 Å². The summed E-state index contributed by atoms with van der Waals surface area (Å²) in [5.74, 6) is -3.26. The number of para-hydroxylation sites is 2. The average Bonchev–Trinajstić information content (AvgIpc) is 1.57. The summed E-state index contributed by atoms with van der Waals surface area (Å²) in [5.41, 5.74) is 11.5. The monoisotopic (exact) mass is 1870 g/mol. The smallest absolute Gasteiger partial charge is 0.345 e. The molecule has 132 heavy (non-hydrogen) atoms. The molecule has 13 rings (SSSR count). The maximum absolute atomic E-state index is 14.7. The van der Waals surface area contributed by atoms with Crippen molar-refractivity contribution in [2.75, 3.05) is 98.3 Å². The van der Waals surface area contributed by atoms with Gasteiger partial charge in [0.2, 0.25) is 29.7 Å². The second kappa shape index (κ2) is 45.1. The van der Waals surface area contributed by atoms with E-state index in [1.807, 2.05) is 43.3 Å². The second-order valence-electron chi connectivity index (χ2n) is 32.7. The number of amides is 7. The van der Waals surface area contributed by atoms with E-state index in [-0.39, 0.29) is 90.0 Å². The largest absolute Gasteiger partial charge is 0.496 e. The number of fused-ring (bicyclic) bond motifs is 1. The Balaban J connectivity index is 0.684. The highest BCUT2D eigenvalue weighted by molar-refractivity contribution is 7.22. The molecule has 0 radical (unpaired) electrons. The summed E-state index contributed by atoms with van der Waals surface area (Å²) in [6.07, 6.45) is -11.7. The molecule has 3 fully saturated rings. The third-order valence-electron chi connectivity index (χ3n) is 23.1. The van der Waals surface area contributed by atoms with E-state index in [1.54, 1.807) is 87.8 Å². The number of thiophene rings is 1. The molecule has 39 nitrogen and oxygen atoms in total. The minimum Gasteiger partial charge on any atom is -0.496 e. The van der Waals surface area contributed by atoms with Crippen LogP contribution < -0.4 is 45.9 Å². The predicted octanol–water partition coefficient (Wildman–Crippen LogP) is 4.04. The molecule has 0 aliphatic carbocycles. The van der Waals surface area contributed by atoms with Crippen molar-refractivity contribution in [3.8, 4) is 56.1 Å². The number of nitrogens with zero attached hydrogens (tertiary/aromatic N) is 10. The van der Waals surface area contributed by atoms with Gasteiger partial charge in [-0.05, 0) is 108 Å². The Hall–Kier alpha value is -11.7. The Kier molecular flexibility index (Phi) is 33.4. The van der Waals surface area contributed by atoms with Gasteiger partial charge in [0.15, 0.2) is 18.3 Å². The molecular weight excluding hydrogens is 1760 g/mol. The highest BCUT2D eigenvalue weighted by Crippen LogP contribution is 2.50. The Labute approximate surface area is 766 Å². The number of primary amides is 1. The fourth-order valence-corrected chi connectivity index (χ4v) is 17.1. The third-order valence-corrected chi connectivity index (χ3v) is 24.7. The number of methoxy groups -OCH3 is 1. The van der Waals surface area contributed by atoms with Crippen LogP contribution in [0.25, 0.3) is 43.2 Å². The van der Waals surface area contributed by atoms with Crippen LogP contribution in [-0.2, 0) is 85.2 Å². The number of nitrogens with two attached hydrogens (primary N) is 1. The molecule has 5 aromatic carbocycles. The number of halogens is 2. The number of piperazine rings is 1. The molecule has 4 aliphatic heterocycles. The number of carboxylic acids is 1. The number of benzene rings is 5. The molecule has 0 saturated carbocycles. The third kappa shape index (κ3) is 24.2. The van der Waals surface area contributed by atoms with Crippen molar-refractivity contribution in [1.29, 1.82) is 0 Å². The number of hydrogen-bond acceptors (Lipinski definition) is 31. The van der Waals surface area contributed by atoms with Crippen LogP contribution in [0.4, 0.5) is 14.9 Å². The van der Waals surface area contributed by atoms with Crippen LogP contribution in [0.2, 0.25) is 5.02 Å². The first-order valence-electron chi connectivity index (χ1n) is 42.8. The Morgan fingerprint density at radius 2 is 1.48 bits per heavy atom. The van der Waals surface area contributed by atoms with E-state index in [2.05, 4.69) is 58.5 Å². The molecule has 0 spiro atoms. The summed E-state index contributed by atoms with van der Waals surface area (Å²) in [4.78, 5) is 114. The summed E-state index contributed by atoms with van der Waals surface area (Å²) in [5, 5.41) is 105. The molecule has 4 unspecified atom stereocenters. The number of quaternary nitrogens is 1. The van der Waals surface area contributed by atoms with Crippen LogP contribution in [0.1, 0.15) is 73.0 Å². The minimum absolute atomic E-state index is 0.000426. The molecule has 8 heterocycles. The lowest BCUT2D eigenvalue weighted by molar-refractivity contribution is -0.926. The molecular formula is C90H106ClFN15O24S+. The first-order valence-corrected chi connectivity index (χ1v) is 44.0. The van der Waals surface area contributed by atoms with Crippen molar-refractivity contribution in [2.45, 2.75) is 152 Å². The number of hydrogen-bond donors (Lipinski definition) is 13. The fraction of sp³-hybridized carbons (Fsp3) is 0.433. The van der Waals surface area contributed by atoms with Gasteiger partial charge in [0.25, 0.3) is 11.8 Å². The lowest BCUT2D eigenvalue weighted by Crippen LogP contribution is -2.63. The molecule has 4 aliphatic rings. The number of aromatic nitrogens is 7. The minimum atomic E-state index is -1.88. The quantitative estimate of drug-likeness (QED) is 0.0146. The Bertz CT molecular complexity index is 5560. The molecule has 14 N–H and O–H groups in total. The number of likely N-dealkylation sites (N-methyl/N-ethyl adjacent to an activating group) is 1. The Morgan fingerprint density at radius 1 is 0.742 bits per heavy atom. The zero-order valence-electron chi connectivity index (χ0n) is 72.8. The number of carbonyl (C=O) groups is 7. The maximum atomic E-state index is 14.7. The summed E-state index contributed by atoms with van der Waals surface area (Å²) < 4.78 is 70.2. The number of carboxylic acid groups (broad SMARTS) is 1. The highest BCUT2D eigenvalue weighted by Gasteiger charge is 2.51. The zero-order chi connectivity index (χ0) is 94.0. The van der Waals surface area contributed by atoms with E-state index < -0.39 is 146 Å². The van der Waals surface area contributed by atoms with Gasteiger partial charge in [-0.2, -0.15) is 0 Å². The highest BCUT2D eigenvalue weighted by atomic mass is 35.5. The number of ether oxygens (including phenoxy) is 9. The number of aliphatic hydroxyl groups excluding tert-OH is 7. The van der Waals surface area contributed by atoms with Crippen LogP contribution >= 0.6 is 22.9 Å². The number of nitrogens with one attached hydrogen (secondary N) is 4. The first kappa shape index (κ1) is 97.8. The molecule has 3 saturated heterocycles. The molecule has 0 bridgehead atoms. The normalized spacial score (nSPS) is 20.9. The van der Waals surface area contributed by atoms with Gasteiger partial charge in [-0.3, -0.25) is 33.8 Å². The van der Waals surface area contributed by atoms with Crippen molar-refractivity contribution in [2.24, 2.45) is 11.7 Å². The van der Waals surface area contributed by atoms with Crippen molar-refractivity contribution in [3.05, 3.63) is 185 Å². The standard InChI is InChI=1S/C90H105ClFN15O24S/c1-49(2)74(101-68(110)27-36-124-37-33-105-69(111)24-25-70(105)112)84(119)100-61(13-10-28-95-90(93)122)83(118)99-56-21-18-53(54(39-56)45-125-46-58-41-106(103-102-58)87-78(116)77(115)80(67(44-109)129-87)131-89-79(117)76(114)75(113)66(43-108)130-89)42-107(4)34-30-104(31-35-107)32-38-126-64-23-22-59(50(3)73(64)91)71-72-85(96-48-97-86(72)132-81(71)51-16-19-55(92)20-17-51)128-65(88(120)121)40-52-11-6-8-14-62(52)127-47-57-26-29-94-82(98-57)60-12-7-9-15-63(60)123-5/h6-9,11-12,14-26,29,39,41,48-49,61,65-67,74-80,87,89,108-109,113-117H,10,13,27-28,30-38,40,42-47H2,1-5H3,(H6-,93,95,99,100,101,110,118,119,120,121,122)/p+1/t61-,65+,66?,67?,74-,75-,76?,77+,78?,79-,80+,87+,89-/m0/s1. The molecule has 13 atom stereocenters. The lowest BCUT2D eigenvalue weighted by atomic mass is 9.96. The van der Waals surface area contributed by atoms with E-state index in [0.29, 0.717) is 137 Å². The van der Waals surface area contributed by atoms with Gasteiger partial charge in [0, 0.05) is 79.1 Å². The average molecular weight is 1870 g/mol. The van der Waals surface area contributed by atoms with E-state index >= 15 is 0 Å². The van der Waals surface area contributed by atoms with Crippen molar-refractivity contribution in [3.63, 3.8) is 0 Å². The molecule has 42 heteroatoms. The summed E-state index contributed by atoms with van der Waals surface area (Å²) in [7, 11) is 3.69. The SMILES string of the molecule is COc1ccccc1-c1nccc(COc2ccccc2C[C@@H](Oc2ncnc3sc(-c4ccc(F)cc4)c(-c4ccc(OCCN5CC[N+](C)(Cc6ccc(NC(=O)[C@H](CCCNC(N)=O)NC(=O)[C@@H](NC(=O)CCOCCN7C(=O)C=CC7=O)C(C)C)cc6COCc6cn([C@@H]7OC(CO)[C@@H](O[C@@H]8OC(CO)[C@H](O)C(O)[C@@H]8O)[C@H](O)C7O)nn6)CC5)c(Cl)c4C)c23)C(=O)O)n1. The van der Waals surface area contributed by atoms with Crippen LogP contribution in [0.15, 0.2) is 140 Å². The molecule has 7 amide bonds. The fourth-order valence-electron chi connectivity index (χ4n) is 15.8. The van der Waals surface area contributed by atoms with Crippen LogP contribution in [0, 0.1) is 18.7 Å². The molecule has 4 aromatic heterocycles. The number of aliphatic carboxylic acids is 1. The first-order chi connectivity index (χ1) is 63.5. The maximum Gasteiger partial charge on any atom is 0.345 e. The van der Waals surface area contributed by atoms with Crippen molar-refractivity contribution < 1.29 is 126 Å². The Morgan fingerprint density at radius 3 is 2.21 bits per heavy atom. The van der Waals surface area contributed by atoms with Crippen LogP contribution in [-0.4, -0.2) is 298 Å². The number of imide groups is 1. The topological polar surface area (TPSA) is 527 Å². The van der Waals surface area contributed by atoms with Gasteiger partial charge in [-0.1, -0.05) is 85.3 Å². The zero-order valence-corrected chi connectivity index (χ0v) is 74.4. The molecule has 9 aromatic rings. The summed E-state index contributed by atoms with van der Waals surface area (Å²) in [6, 6.07) is 27.8. The van der Waals surface area contributed by atoms with Gasteiger partial charge >= 0.3 is 12.0 Å². The van der Waals surface area contributed by atoms with Gasteiger partial charge in [0.1, 0.15) is 121 Å². The number of aliphatic hydroxyl groups is 7. The van der Waals surface area contributed by atoms with Crippen LogP contribution in [0.3, 0.4) is 0 Å². The van der Waals surface area contributed by atoms with E-state index in [0.717, 1.165) is 27.3 Å². The number of anilines is 1.